The lowest BCUT2D eigenvalue weighted by atomic mass is 10.0. The summed E-state index contributed by atoms with van der Waals surface area (Å²) in [7, 11) is 1.33. The average Bonchev–Trinajstić information content (AvgIpc) is 2.35. The first-order valence-corrected chi connectivity index (χ1v) is 6.97. The molecule has 0 spiro atoms. The largest absolute Gasteiger partial charge is 0.467 e. The van der Waals surface area contributed by atoms with Crippen molar-refractivity contribution < 1.29 is 19.0 Å². The van der Waals surface area contributed by atoms with Crippen molar-refractivity contribution in [2.75, 3.05) is 7.11 Å². The molecule has 0 unspecified atom stereocenters. The molecular weight excluding hydrogens is 303 g/mol. The van der Waals surface area contributed by atoms with Crippen LogP contribution in [0.1, 0.15) is 31.9 Å². The first kappa shape index (κ1) is 15.6. The van der Waals surface area contributed by atoms with Crippen molar-refractivity contribution in [3.05, 3.63) is 33.8 Å². The fourth-order valence-corrected chi connectivity index (χ4v) is 2.92. The molecule has 20 heavy (non-hydrogen) atoms. The van der Waals surface area contributed by atoms with Crippen LogP contribution in [0.2, 0.25) is 10.0 Å². The monoisotopic (exact) mass is 318 g/mol. The van der Waals surface area contributed by atoms with Gasteiger partial charge >= 0.3 is 5.97 Å². The highest BCUT2D eigenvalue weighted by molar-refractivity contribution is 6.36. The van der Waals surface area contributed by atoms with Crippen molar-refractivity contribution in [2.45, 2.75) is 38.3 Å². The first-order chi connectivity index (χ1) is 9.34. The van der Waals surface area contributed by atoms with Crippen LogP contribution in [0.5, 0.6) is 0 Å². The molecule has 6 heteroatoms. The number of rotatable bonds is 2. The molecule has 0 aliphatic carbocycles. The SMILES string of the molecule is COC(=O)[C@@H]1C[C@H](c2c(Cl)cccc2Cl)OC(C)(C)O1. The van der Waals surface area contributed by atoms with E-state index >= 15 is 0 Å². The van der Waals surface area contributed by atoms with E-state index in [0.717, 1.165) is 0 Å². The number of hydrogen-bond acceptors (Lipinski definition) is 4. The smallest absolute Gasteiger partial charge is 0.335 e. The number of carbonyl (C=O) groups is 1. The second kappa shape index (κ2) is 5.90. The molecule has 1 aliphatic heterocycles. The van der Waals surface area contributed by atoms with Gasteiger partial charge in [-0.25, -0.2) is 4.79 Å². The Balaban J connectivity index is 2.34. The van der Waals surface area contributed by atoms with Gasteiger partial charge in [0.05, 0.1) is 13.2 Å². The molecule has 2 rings (SSSR count). The molecule has 110 valence electrons. The summed E-state index contributed by atoms with van der Waals surface area (Å²) in [5.74, 6) is -1.36. The molecule has 0 bridgehead atoms. The van der Waals surface area contributed by atoms with E-state index in [0.29, 0.717) is 22.0 Å². The van der Waals surface area contributed by atoms with Gasteiger partial charge in [-0.15, -0.1) is 0 Å². The van der Waals surface area contributed by atoms with E-state index in [1.165, 1.54) is 7.11 Å². The van der Waals surface area contributed by atoms with Crippen molar-refractivity contribution >= 4 is 29.2 Å². The minimum atomic E-state index is -0.926. The van der Waals surface area contributed by atoms with Gasteiger partial charge in [-0.2, -0.15) is 0 Å². The van der Waals surface area contributed by atoms with Crippen LogP contribution < -0.4 is 0 Å². The summed E-state index contributed by atoms with van der Waals surface area (Å²) in [6.07, 6.45) is -0.829. The lowest BCUT2D eigenvalue weighted by Crippen LogP contribution is -2.45. The summed E-state index contributed by atoms with van der Waals surface area (Å²) in [4.78, 5) is 11.7. The van der Waals surface area contributed by atoms with Gasteiger partial charge in [-0.05, 0) is 26.0 Å². The fourth-order valence-electron chi connectivity index (χ4n) is 2.27. The topological polar surface area (TPSA) is 44.8 Å². The zero-order valence-corrected chi connectivity index (χ0v) is 13.0. The number of halogens is 2. The van der Waals surface area contributed by atoms with Crippen molar-refractivity contribution in [1.29, 1.82) is 0 Å². The number of methoxy groups -OCH3 is 1. The van der Waals surface area contributed by atoms with Crippen molar-refractivity contribution in [3.63, 3.8) is 0 Å². The maximum Gasteiger partial charge on any atom is 0.335 e. The van der Waals surface area contributed by atoms with Crippen LogP contribution in [-0.2, 0) is 19.0 Å². The maximum absolute atomic E-state index is 11.7. The minimum absolute atomic E-state index is 0.305. The van der Waals surface area contributed by atoms with Crippen LogP contribution in [0.3, 0.4) is 0 Å². The van der Waals surface area contributed by atoms with E-state index in [4.69, 9.17) is 37.4 Å². The summed E-state index contributed by atoms with van der Waals surface area (Å²) in [5.41, 5.74) is 0.668. The lowest BCUT2D eigenvalue weighted by molar-refractivity contribution is -0.299. The molecule has 0 saturated carbocycles. The zero-order valence-electron chi connectivity index (χ0n) is 11.5. The number of carbonyl (C=O) groups excluding carboxylic acids is 1. The molecular formula is C14H16Cl2O4. The Hall–Kier alpha value is -0.810. The minimum Gasteiger partial charge on any atom is -0.467 e. The van der Waals surface area contributed by atoms with Gasteiger partial charge in [0.15, 0.2) is 11.9 Å². The van der Waals surface area contributed by atoms with Gasteiger partial charge in [0.2, 0.25) is 0 Å². The second-order valence-corrected chi connectivity index (χ2v) is 5.82. The standard InChI is InChI=1S/C14H16Cl2O4/c1-14(2)19-10(7-11(20-14)13(17)18-3)12-8(15)5-4-6-9(12)16/h4-6,10-11H,7H2,1-3H3/t10-,11+/m1/s1. The number of benzene rings is 1. The summed E-state index contributed by atoms with van der Waals surface area (Å²) in [6, 6.07) is 5.24. The van der Waals surface area contributed by atoms with Crippen LogP contribution in [0.15, 0.2) is 18.2 Å². The molecule has 0 radical (unpaired) electrons. The number of ether oxygens (including phenoxy) is 3. The van der Waals surface area contributed by atoms with Crippen LogP contribution in [0.4, 0.5) is 0 Å². The molecule has 1 heterocycles. The Morgan fingerprint density at radius 1 is 1.30 bits per heavy atom. The molecule has 0 amide bonds. The Morgan fingerprint density at radius 3 is 2.45 bits per heavy atom. The third-order valence-electron chi connectivity index (χ3n) is 3.07. The highest BCUT2D eigenvalue weighted by atomic mass is 35.5. The lowest BCUT2D eigenvalue weighted by Gasteiger charge is -2.40. The summed E-state index contributed by atoms with van der Waals surface area (Å²) >= 11 is 12.4. The first-order valence-electron chi connectivity index (χ1n) is 6.21. The van der Waals surface area contributed by atoms with Crippen molar-refractivity contribution in [1.82, 2.24) is 0 Å². The predicted molar refractivity (Wildman–Crippen MR) is 75.9 cm³/mol. The van der Waals surface area contributed by atoms with Gasteiger partial charge in [-0.3, -0.25) is 0 Å². The van der Waals surface area contributed by atoms with Gasteiger partial charge in [0.1, 0.15) is 0 Å². The molecule has 1 fully saturated rings. The van der Waals surface area contributed by atoms with Crippen LogP contribution >= 0.6 is 23.2 Å². The Morgan fingerprint density at radius 2 is 1.90 bits per heavy atom. The van der Waals surface area contributed by atoms with E-state index in [9.17, 15) is 4.79 Å². The van der Waals surface area contributed by atoms with Crippen LogP contribution in [0.25, 0.3) is 0 Å². The summed E-state index contributed by atoms with van der Waals surface area (Å²) in [5, 5.41) is 1.01. The van der Waals surface area contributed by atoms with E-state index in [-0.39, 0.29) is 0 Å². The molecule has 1 aliphatic rings. The number of esters is 1. The summed E-state index contributed by atoms with van der Waals surface area (Å²) in [6.45, 7) is 3.47. The summed E-state index contributed by atoms with van der Waals surface area (Å²) < 4.78 is 16.2. The average molecular weight is 319 g/mol. The molecule has 1 saturated heterocycles. The van der Waals surface area contributed by atoms with E-state index in [2.05, 4.69) is 0 Å². The van der Waals surface area contributed by atoms with Gasteiger partial charge < -0.3 is 14.2 Å². The third-order valence-corrected chi connectivity index (χ3v) is 3.73. The van der Waals surface area contributed by atoms with Gasteiger partial charge in [-0.1, -0.05) is 29.3 Å². The Bertz CT molecular complexity index is 496. The Kier molecular flexibility index (Phi) is 4.59. The molecule has 0 aromatic heterocycles. The Labute approximate surface area is 127 Å². The molecule has 1 aromatic carbocycles. The molecule has 0 N–H and O–H groups in total. The highest BCUT2D eigenvalue weighted by Crippen LogP contribution is 2.41. The molecule has 1 aromatic rings. The zero-order chi connectivity index (χ0) is 14.9. The van der Waals surface area contributed by atoms with Gasteiger partial charge in [0, 0.05) is 22.0 Å². The maximum atomic E-state index is 11.7. The van der Waals surface area contributed by atoms with E-state index in [1.807, 2.05) is 0 Å². The van der Waals surface area contributed by atoms with Crippen molar-refractivity contribution in [3.8, 4) is 0 Å². The number of hydrogen-bond donors (Lipinski definition) is 0. The predicted octanol–water partition coefficient (Wildman–Crippen LogP) is 3.75. The fraction of sp³-hybridized carbons (Fsp3) is 0.500. The quantitative estimate of drug-likeness (QED) is 0.779. The van der Waals surface area contributed by atoms with E-state index < -0.39 is 24.0 Å². The van der Waals surface area contributed by atoms with Crippen LogP contribution in [0, 0.1) is 0 Å². The molecule has 2 atom stereocenters. The van der Waals surface area contributed by atoms with Crippen LogP contribution in [-0.4, -0.2) is 25.0 Å². The van der Waals surface area contributed by atoms with E-state index in [1.54, 1.807) is 32.0 Å². The van der Waals surface area contributed by atoms with Crippen molar-refractivity contribution in [2.24, 2.45) is 0 Å². The third kappa shape index (κ3) is 3.26. The highest BCUT2D eigenvalue weighted by Gasteiger charge is 2.41. The molecule has 4 nitrogen and oxygen atoms in total. The normalized spacial score (nSPS) is 25.2. The second-order valence-electron chi connectivity index (χ2n) is 5.01. The van der Waals surface area contributed by atoms with Gasteiger partial charge in [0.25, 0.3) is 0 Å².